The number of carboxylic acid groups (broad SMARTS) is 1. The van der Waals surface area contributed by atoms with Crippen molar-refractivity contribution in [3.8, 4) is 0 Å². The van der Waals surface area contributed by atoms with Crippen molar-refractivity contribution in [2.75, 3.05) is 0 Å². The van der Waals surface area contributed by atoms with Crippen molar-refractivity contribution in [3.05, 3.63) is 30.5 Å². The number of aromatic carboxylic acids is 1. The third-order valence-corrected chi connectivity index (χ3v) is 1.50. The summed E-state index contributed by atoms with van der Waals surface area (Å²) in [6.45, 7) is 0. The highest BCUT2D eigenvalue weighted by Gasteiger charge is 2.11. The molecule has 0 aliphatic heterocycles. The zero-order chi connectivity index (χ0) is 8.55. The van der Waals surface area contributed by atoms with Gasteiger partial charge in [0.2, 0.25) is 0 Å². The number of imidazole rings is 1. The molecule has 0 aliphatic carbocycles. The smallest absolute Gasteiger partial charge is 0.358 e. The molecule has 0 aliphatic rings. The van der Waals surface area contributed by atoms with Gasteiger partial charge in [0.15, 0.2) is 11.3 Å². The van der Waals surface area contributed by atoms with Gasteiger partial charge in [-0.3, -0.25) is 4.40 Å². The van der Waals surface area contributed by atoms with E-state index in [9.17, 15) is 4.79 Å². The number of nitrogens with zero attached hydrogens (tertiary/aromatic N) is 3. The van der Waals surface area contributed by atoms with Crippen LogP contribution in [0.3, 0.4) is 0 Å². The van der Waals surface area contributed by atoms with Crippen LogP contribution in [0, 0.1) is 0 Å². The minimum Gasteiger partial charge on any atom is -0.476 e. The molecular formula is C7H5N3O2. The molecule has 0 bridgehead atoms. The summed E-state index contributed by atoms with van der Waals surface area (Å²) >= 11 is 0. The summed E-state index contributed by atoms with van der Waals surface area (Å²) in [5.74, 6) is -1.06. The maximum absolute atomic E-state index is 10.6. The summed E-state index contributed by atoms with van der Waals surface area (Å²) in [5.41, 5.74) is 0.348. The van der Waals surface area contributed by atoms with Crippen molar-refractivity contribution in [2.45, 2.75) is 0 Å². The number of hydrogen-bond donors (Lipinski definition) is 1. The maximum atomic E-state index is 10.6. The van der Waals surface area contributed by atoms with E-state index in [2.05, 4.69) is 9.97 Å². The Hall–Kier alpha value is -1.91. The Kier molecular flexibility index (Phi) is 1.30. The highest BCUT2D eigenvalue weighted by Crippen LogP contribution is 2.04. The van der Waals surface area contributed by atoms with Crippen molar-refractivity contribution in [3.63, 3.8) is 0 Å². The SMILES string of the molecule is O=C(O)c1ncn2cccnc12. The van der Waals surface area contributed by atoms with E-state index in [1.807, 2.05) is 0 Å². The van der Waals surface area contributed by atoms with Gasteiger partial charge in [0, 0.05) is 12.4 Å². The van der Waals surface area contributed by atoms with Crippen LogP contribution in [0.1, 0.15) is 10.5 Å². The topological polar surface area (TPSA) is 67.5 Å². The van der Waals surface area contributed by atoms with Crippen molar-refractivity contribution in [1.82, 2.24) is 14.4 Å². The van der Waals surface area contributed by atoms with E-state index in [1.54, 1.807) is 16.7 Å². The number of hydrogen-bond acceptors (Lipinski definition) is 3. The molecule has 0 atom stereocenters. The maximum Gasteiger partial charge on any atom is 0.358 e. The number of carbonyl (C=O) groups is 1. The molecule has 5 nitrogen and oxygen atoms in total. The lowest BCUT2D eigenvalue weighted by Gasteiger charge is -1.90. The van der Waals surface area contributed by atoms with Crippen LogP contribution in [0.5, 0.6) is 0 Å². The third kappa shape index (κ3) is 0.833. The van der Waals surface area contributed by atoms with Gasteiger partial charge in [0.25, 0.3) is 0 Å². The van der Waals surface area contributed by atoms with Crippen LogP contribution < -0.4 is 0 Å². The number of rotatable bonds is 1. The van der Waals surface area contributed by atoms with Crippen LogP contribution in [0.25, 0.3) is 5.65 Å². The minimum atomic E-state index is -1.06. The van der Waals surface area contributed by atoms with Gasteiger partial charge in [0.1, 0.15) is 6.33 Å². The second-order valence-corrected chi connectivity index (χ2v) is 2.25. The first-order valence-electron chi connectivity index (χ1n) is 3.30. The molecule has 0 radical (unpaired) electrons. The van der Waals surface area contributed by atoms with Crippen LogP contribution in [0.2, 0.25) is 0 Å². The summed E-state index contributed by atoms with van der Waals surface area (Å²) < 4.78 is 1.56. The van der Waals surface area contributed by atoms with E-state index < -0.39 is 5.97 Å². The molecule has 2 rings (SSSR count). The van der Waals surface area contributed by atoms with Gasteiger partial charge in [-0.2, -0.15) is 0 Å². The number of carboxylic acids is 1. The molecule has 2 heterocycles. The zero-order valence-corrected chi connectivity index (χ0v) is 6.01. The molecule has 5 heteroatoms. The van der Waals surface area contributed by atoms with Crippen LogP contribution in [0.4, 0.5) is 0 Å². The van der Waals surface area contributed by atoms with Gasteiger partial charge < -0.3 is 5.11 Å². The summed E-state index contributed by atoms with van der Waals surface area (Å²) in [5, 5.41) is 8.66. The Balaban J connectivity index is 2.79. The fourth-order valence-electron chi connectivity index (χ4n) is 0.987. The standard InChI is InChI=1S/C7H5N3O2/c11-7(12)5-6-8-2-1-3-10(6)4-9-5/h1-4H,(H,11,12). The van der Waals surface area contributed by atoms with E-state index in [0.29, 0.717) is 5.65 Å². The average molecular weight is 163 g/mol. The third-order valence-electron chi connectivity index (χ3n) is 1.50. The molecule has 0 unspecified atom stereocenters. The minimum absolute atomic E-state index is 0.0180. The largest absolute Gasteiger partial charge is 0.476 e. The van der Waals surface area contributed by atoms with Crippen molar-refractivity contribution < 1.29 is 9.90 Å². The number of aromatic nitrogens is 3. The van der Waals surface area contributed by atoms with Gasteiger partial charge in [0.05, 0.1) is 0 Å². The van der Waals surface area contributed by atoms with Crippen LogP contribution in [-0.2, 0) is 0 Å². The van der Waals surface area contributed by atoms with Crippen molar-refractivity contribution in [1.29, 1.82) is 0 Å². The average Bonchev–Trinajstić information content (AvgIpc) is 2.47. The van der Waals surface area contributed by atoms with E-state index in [0.717, 1.165) is 0 Å². The molecule has 0 fully saturated rings. The second kappa shape index (κ2) is 2.30. The molecule has 2 aromatic rings. The van der Waals surface area contributed by atoms with Gasteiger partial charge in [-0.15, -0.1) is 0 Å². The van der Waals surface area contributed by atoms with Gasteiger partial charge in [-0.05, 0) is 6.07 Å². The fraction of sp³-hybridized carbons (Fsp3) is 0. The summed E-state index contributed by atoms with van der Waals surface area (Å²) in [6.07, 6.45) is 4.65. The van der Waals surface area contributed by atoms with Gasteiger partial charge in [-0.25, -0.2) is 14.8 Å². The lowest BCUT2D eigenvalue weighted by atomic mass is 10.4. The summed E-state index contributed by atoms with van der Waals surface area (Å²) in [6, 6.07) is 1.71. The quantitative estimate of drug-likeness (QED) is 0.661. The molecule has 0 saturated carbocycles. The summed E-state index contributed by atoms with van der Waals surface area (Å²) in [4.78, 5) is 18.1. The molecule has 0 saturated heterocycles. The van der Waals surface area contributed by atoms with E-state index in [4.69, 9.17) is 5.11 Å². The Morgan fingerprint density at radius 3 is 3.08 bits per heavy atom. The van der Waals surface area contributed by atoms with E-state index in [-0.39, 0.29) is 5.69 Å². The Labute approximate surface area is 67.3 Å². The second-order valence-electron chi connectivity index (χ2n) is 2.25. The molecule has 0 aromatic carbocycles. The first-order chi connectivity index (χ1) is 5.79. The monoisotopic (exact) mass is 163 g/mol. The molecular weight excluding hydrogens is 158 g/mol. The highest BCUT2D eigenvalue weighted by molar-refractivity contribution is 5.92. The zero-order valence-electron chi connectivity index (χ0n) is 6.01. The Bertz CT molecular complexity index is 435. The molecule has 0 amide bonds. The first-order valence-corrected chi connectivity index (χ1v) is 3.30. The van der Waals surface area contributed by atoms with Crippen LogP contribution in [-0.4, -0.2) is 25.4 Å². The molecule has 2 aromatic heterocycles. The molecule has 1 N–H and O–H groups in total. The fourth-order valence-corrected chi connectivity index (χ4v) is 0.987. The highest BCUT2D eigenvalue weighted by atomic mass is 16.4. The Morgan fingerprint density at radius 1 is 1.50 bits per heavy atom. The predicted molar refractivity (Wildman–Crippen MR) is 39.9 cm³/mol. The molecule has 0 spiro atoms. The summed E-state index contributed by atoms with van der Waals surface area (Å²) in [7, 11) is 0. The van der Waals surface area contributed by atoms with Crippen LogP contribution >= 0.6 is 0 Å². The Morgan fingerprint density at radius 2 is 2.33 bits per heavy atom. The molecule has 60 valence electrons. The van der Waals surface area contributed by atoms with Gasteiger partial charge >= 0.3 is 5.97 Å². The number of fused-ring (bicyclic) bond motifs is 1. The van der Waals surface area contributed by atoms with Crippen LogP contribution in [0.15, 0.2) is 24.8 Å². The van der Waals surface area contributed by atoms with Crippen molar-refractivity contribution in [2.24, 2.45) is 0 Å². The van der Waals surface area contributed by atoms with E-state index >= 15 is 0 Å². The predicted octanol–water partition coefficient (Wildman–Crippen LogP) is 0.428. The van der Waals surface area contributed by atoms with Crippen molar-refractivity contribution >= 4 is 11.6 Å². The lowest BCUT2D eigenvalue weighted by molar-refractivity contribution is 0.0693. The van der Waals surface area contributed by atoms with Gasteiger partial charge in [-0.1, -0.05) is 0 Å². The first kappa shape index (κ1) is 6.78. The molecule has 12 heavy (non-hydrogen) atoms. The lowest BCUT2D eigenvalue weighted by Crippen LogP contribution is -1.98. The van der Waals surface area contributed by atoms with E-state index in [1.165, 1.54) is 12.5 Å². The normalized spacial score (nSPS) is 10.3.